The highest BCUT2D eigenvalue weighted by Gasteiger charge is 2.12. The van der Waals surface area contributed by atoms with Crippen LogP contribution in [0, 0.1) is 0 Å². The van der Waals surface area contributed by atoms with E-state index in [4.69, 9.17) is 18.9 Å². The van der Waals surface area contributed by atoms with Gasteiger partial charge in [0.2, 0.25) is 0 Å². The fourth-order valence-electron chi connectivity index (χ4n) is 2.60. The molecule has 0 radical (unpaired) electrons. The van der Waals surface area contributed by atoms with E-state index in [0.29, 0.717) is 36.1 Å². The number of rotatable bonds is 8. The Labute approximate surface area is 153 Å². The van der Waals surface area contributed by atoms with Gasteiger partial charge in [-0.2, -0.15) is 0 Å². The molecule has 26 heavy (non-hydrogen) atoms. The number of ether oxygens (including phenoxy) is 4. The molecule has 2 aromatic carbocycles. The Hall–Kier alpha value is -3.09. The molecule has 2 aromatic rings. The van der Waals surface area contributed by atoms with Crippen LogP contribution in [0.15, 0.2) is 36.4 Å². The van der Waals surface area contributed by atoms with Gasteiger partial charge in [-0.25, -0.2) is 4.79 Å². The molecule has 2 N–H and O–H groups in total. The van der Waals surface area contributed by atoms with Crippen LogP contribution in [0.3, 0.4) is 0 Å². The number of urea groups is 1. The van der Waals surface area contributed by atoms with Crippen molar-refractivity contribution in [1.82, 2.24) is 10.6 Å². The van der Waals surface area contributed by atoms with Crippen LogP contribution < -0.4 is 29.6 Å². The summed E-state index contributed by atoms with van der Waals surface area (Å²) in [7, 11) is 6.28. The van der Waals surface area contributed by atoms with Crippen molar-refractivity contribution in [3.05, 3.63) is 47.5 Å². The first-order chi connectivity index (χ1) is 12.6. The van der Waals surface area contributed by atoms with E-state index in [1.165, 1.54) is 0 Å². The lowest BCUT2D eigenvalue weighted by Gasteiger charge is -2.15. The molecule has 0 fully saturated rings. The van der Waals surface area contributed by atoms with E-state index < -0.39 is 0 Å². The smallest absolute Gasteiger partial charge is 0.315 e. The number of para-hydroxylation sites is 2. The van der Waals surface area contributed by atoms with E-state index in [1.54, 1.807) is 40.6 Å². The topological polar surface area (TPSA) is 78.1 Å². The van der Waals surface area contributed by atoms with Gasteiger partial charge >= 0.3 is 6.03 Å². The van der Waals surface area contributed by atoms with Crippen LogP contribution in [0.1, 0.15) is 11.1 Å². The molecule has 0 bridgehead atoms. The van der Waals surface area contributed by atoms with E-state index in [9.17, 15) is 4.79 Å². The molecule has 7 nitrogen and oxygen atoms in total. The van der Waals surface area contributed by atoms with Crippen molar-refractivity contribution < 1.29 is 23.7 Å². The quantitative estimate of drug-likeness (QED) is 0.757. The Kier molecular flexibility index (Phi) is 6.96. The van der Waals surface area contributed by atoms with E-state index >= 15 is 0 Å². The van der Waals surface area contributed by atoms with Crippen LogP contribution in [0.2, 0.25) is 0 Å². The molecule has 2 amide bonds. The monoisotopic (exact) mass is 360 g/mol. The second-order valence-corrected chi connectivity index (χ2v) is 5.34. The highest BCUT2D eigenvalue weighted by Crippen LogP contribution is 2.31. The molecule has 2 rings (SSSR count). The van der Waals surface area contributed by atoms with Crippen LogP contribution in [-0.4, -0.2) is 34.5 Å². The summed E-state index contributed by atoms with van der Waals surface area (Å²) in [6.45, 7) is 0.614. The number of carbonyl (C=O) groups excluding carboxylic acids is 1. The second kappa shape index (κ2) is 9.41. The molecule has 0 aliphatic rings. The summed E-state index contributed by atoms with van der Waals surface area (Å²) < 4.78 is 21.2. The van der Waals surface area contributed by atoms with Gasteiger partial charge in [0.05, 0.1) is 28.4 Å². The molecule has 0 aliphatic carbocycles. The maximum absolute atomic E-state index is 12.1. The number of carbonyl (C=O) groups is 1. The zero-order valence-corrected chi connectivity index (χ0v) is 15.4. The average Bonchev–Trinajstić information content (AvgIpc) is 2.69. The molecule has 0 unspecified atom stereocenters. The van der Waals surface area contributed by atoms with E-state index in [1.807, 2.05) is 24.3 Å². The molecule has 0 atom stereocenters. The fourth-order valence-corrected chi connectivity index (χ4v) is 2.60. The highest BCUT2D eigenvalue weighted by molar-refractivity contribution is 5.74. The molecule has 0 saturated heterocycles. The molecule has 0 aliphatic heterocycles. The average molecular weight is 360 g/mol. The van der Waals surface area contributed by atoms with Gasteiger partial charge in [0, 0.05) is 24.2 Å². The van der Waals surface area contributed by atoms with Gasteiger partial charge in [-0.3, -0.25) is 0 Å². The molecule has 7 heteroatoms. The zero-order chi connectivity index (χ0) is 18.9. The summed E-state index contributed by atoms with van der Waals surface area (Å²) in [5.41, 5.74) is 1.64. The summed E-state index contributed by atoms with van der Waals surface area (Å²) in [6.07, 6.45) is 0. The fraction of sp³-hybridized carbons (Fsp3) is 0.316. The first kappa shape index (κ1) is 19.2. The number of hydrogen-bond donors (Lipinski definition) is 2. The Balaban J connectivity index is 1.97. The standard InChI is InChI=1S/C19H24N2O5/c1-23-15-9-5-7-13(17(15)25-3)11-20-19(22)21-12-14-8-6-10-16(24-2)18(14)26-4/h5-10H,11-12H2,1-4H3,(H2,20,21,22). The predicted molar refractivity (Wildman–Crippen MR) is 98.2 cm³/mol. The Bertz CT molecular complexity index is 687. The number of hydrogen-bond acceptors (Lipinski definition) is 5. The van der Waals surface area contributed by atoms with Crippen LogP contribution in [-0.2, 0) is 13.1 Å². The van der Waals surface area contributed by atoms with E-state index in [0.717, 1.165) is 11.1 Å². The maximum Gasteiger partial charge on any atom is 0.315 e. The lowest BCUT2D eigenvalue weighted by Crippen LogP contribution is -2.34. The van der Waals surface area contributed by atoms with Gasteiger partial charge < -0.3 is 29.6 Å². The molecular weight excluding hydrogens is 336 g/mol. The first-order valence-electron chi connectivity index (χ1n) is 8.06. The Morgan fingerprint density at radius 2 is 1.15 bits per heavy atom. The first-order valence-corrected chi connectivity index (χ1v) is 8.06. The third kappa shape index (κ3) is 4.50. The van der Waals surface area contributed by atoms with E-state index in [-0.39, 0.29) is 6.03 Å². The normalized spacial score (nSPS) is 10.0. The minimum atomic E-state index is -0.306. The van der Waals surface area contributed by atoms with Crippen molar-refractivity contribution >= 4 is 6.03 Å². The summed E-state index contributed by atoms with van der Waals surface area (Å²) in [6, 6.07) is 10.7. The summed E-state index contributed by atoms with van der Waals surface area (Å²) in [4.78, 5) is 12.1. The third-order valence-electron chi connectivity index (χ3n) is 3.85. The van der Waals surface area contributed by atoms with Gasteiger partial charge in [-0.1, -0.05) is 24.3 Å². The van der Waals surface area contributed by atoms with Crippen molar-refractivity contribution in [3.8, 4) is 23.0 Å². The van der Waals surface area contributed by atoms with Crippen molar-refractivity contribution in [2.45, 2.75) is 13.1 Å². The van der Waals surface area contributed by atoms with Crippen LogP contribution in [0.4, 0.5) is 4.79 Å². The minimum absolute atomic E-state index is 0.306. The number of benzene rings is 2. The van der Waals surface area contributed by atoms with E-state index in [2.05, 4.69) is 10.6 Å². The zero-order valence-electron chi connectivity index (χ0n) is 15.4. The summed E-state index contributed by atoms with van der Waals surface area (Å²) >= 11 is 0. The maximum atomic E-state index is 12.1. The minimum Gasteiger partial charge on any atom is -0.493 e. The summed E-state index contributed by atoms with van der Waals surface area (Å²) in [5, 5.41) is 5.61. The van der Waals surface area contributed by atoms with Gasteiger partial charge in [0.1, 0.15) is 0 Å². The number of amides is 2. The van der Waals surface area contributed by atoms with Gasteiger partial charge in [0.25, 0.3) is 0 Å². The Morgan fingerprint density at radius 1 is 0.731 bits per heavy atom. The van der Waals surface area contributed by atoms with Crippen LogP contribution in [0.25, 0.3) is 0 Å². The van der Waals surface area contributed by atoms with Crippen molar-refractivity contribution in [2.75, 3.05) is 28.4 Å². The Morgan fingerprint density at radius 3 is 1.50 bits per heavy atom. The van der Waals surface area contributed by atoms with Gasteiger partial charge in [0.15, 0.2) is 23.0 Å². The summed E-state index contributed by atoms with van der Waals surface area (Å²) in [5.74, 6) is 2.44. The highest BCUT2D eigenvalue weighted by atomic mass is 16.5. The van der Waals surface area contributed by atoms with Gasteiger partial charge in [-0.15, -0.1) is 0 Å². The molecule has 0 heterocycles. The second-order valence-electron chi connectivity index (χ2n) is 5.34. The molecule has 0 spiro atoms. The van der Waals surface area contributed by atoms with Crippen molar-refractivity contribution in [2.24, 2.45) is 0 Å². The SMILES string of the molecule is COc1cccc(CNC(=O)NCc2cccc(OC)c2OC)c1OC. The number of nitrogens with one attached hydrogen (secondary N) is 2. The molecule has 0 aromatic heterocycles. The molecular formula is C19H24N2O5. The predicted octanol–water partition coefficient (Wildman–Crippen LogP) is 2.72. The molecule has 140 valence electrons. The lowest BCUT2D eigenvalue weighted by molar-refractivity contribution is 0.239. The van der Waals surface area contributed by atoms with Gasteiger partial charge in [-0.05, 0) is 12.1 Å². The van der Waals surface area contributed by atoms with Crippen LogP contribution in [0.5, 0.6) is 23.0 Å². The molecule has 0 saturated carbocycles. The van der Waals surface area contributed by atoms with Crippen molar-refractivity contribution in [3.63, 3.8) is 0 Å². The van der Waals surface area contributed by atoms with Crippen LogP contribution >= 0.6 is 0 Å². The van der Waals surface area contributed by atoms with Crippen molar-refractivity contribution in [1.29, 1.82) is 0 Å². The largest absolute Gasteiger partial charge is 0.493 e. The third-order valence-corrected chi connectivity index (χ3v) is 3.85. The number of methoxy groups -OCH3 is 4. The lowest BCUT2D eigenvalue weighted by atomic mass is 10.2.